The maximum atomic E-state index is 13.0. The van der Waals surface area contributed by atoms with E-state index in [-0.39, 0.29) is 5.82 Å². The fourth-order valence-corrected chi connectivity index (χ4v) is 2.54. The SMILES string of the molecule is Cc1nn(-c2ccc(F)cc2)c(Cl)c1/C=N/N1CCOCC1. The second-order valence-electron chi connectivity index (χ2n) is 4.99. The molecule has 2 heterocycles. The lowest BCUT2D eigenvalue weighted by molar-refractivity contribution is 0.0397. The Morgan fingerprint density at radius 1 is 1.27 bits per heavy atom. The van der Waals surface area contributed by atoms with E-state index in [1.807, 2.05) is 11.9 Å². The number of hydrogen-bond donors (Lipinski definition) is 0. The second-order valence-corrected chi connectivity index (χ2v) is 5.35. The molecule has 7 heteroatoms. The van der Waals surface area contributed by atoms with E-state index in [1.54, 1.807) is 23.0 Å². The Morgan fingerprint density at radius 3 is 2.64 bits per heavy atom. The quantitative estimate of drug-likeness (QED) is 0.816. The van der Waals surface area contributed by atoms with Crippen molar-refractivity contribution in [2.45, 2.75) is 6.92 Å². The van der Waals surface area contributed by atoms with E-state index in [0.29, 0.717) is 24.1 Å². The first-order valence-electron chi connectivity index (χ1n) is 7.03. The fourth-order valence-electron chi connectivity index (χ4n) is 2.22. The summed E-state index contributed by atoms with van der Waals surface area (Å²) in [6, 6.07) is 6.03. The average molecular weight is 323 g/mol. The standard InChI is InChI=1S/C15H16ClFN4O/c1-11-14(10-18-20-6-8-22-9-7-20)15(16)21(19-11)13-4-2-12(17)3-5-13/h2-5,10H,6-9H2,1H3/b18-10+. The highest BCUT2D eigenvalue weighted by Crippen LogP contribution is 2.22. The highest BCUT2D eigenvalue weighted by molar-refractivity contribution is 6.32. The maximum absolute atomic E-state index is 13.0. The Kier molecular flexibility index (Phi) is 4.40. The van der Waals surface area contributed by atoms with E-state index in [1.165, 1.54) is 12.1 Å². The van der Waals surface area contributed by atoms with Crippen LogP contribution < -0.4 is 0 Å². The third-order valence-corrected chi connectivity index (χ3v) is 3.82. The first-order valence-corrected chi connectivity index (χ1v) is 7.40. The van der Waals surface area contributed by atoms with Crippen LogP contribution in [-0.4, -0.2) is 47.3 Å². The zero-order chi connectivity index (χ0) is 15.5. The van der Waals surface area contributed by atoms with Crippen LogP contribution in [0.1, 0.15) is 11.3 Å². The van der Waals surface area contributed by atoms with Crippen molar-refractivity contribution in [1.82, 2.24) is 14.8 Å². The van der Waals surface area contributed by atoms with Crippen LogP contribution in [0.4, 0.5) is 4.39 Å². The van der Waals surface area contributed by atoms with Crippen LogP contribution in [-0.2, 0) is 4.74 Å². The third kappa shape index (κ3) is 3.13. The molecule has 5 nitrogen and oxygen atoms in total. The zero-order valence-corrected chi connectivity index (χ0v) is 12.9. The largest absolute Gasteiger partial charge is 0.378 e. The van der Waals surface area contributed by atoms with Crippen molar-refractivity contribution in [2.75, 3.05) is 26.3 Å². The lowest BCUT2D eigenvalue weighted by Crippen LogP contribution is -2.32. The monoisotopic (exact) mass is 322 g/mol. The van der Waals surface area contributed by atoms with Gasteiger partial charge in [-0.15, -0.1) is 0 Å². The van der Waals surface area contributed by atoms with Crippen LogP contribution in [0.15, 0.2) is 29.4 Å². The van der Waals surface area contributed by atoms with E-state index < -0.39 is 0 Å². The van der Waals surface area contributed by atoms with Crippen LogP contribution >= 0.6 is 11.6 Å². The van der Waals surface area contributed by atoms with Crippen molar-refractivity contribution in [3.8, 4) is 5.69 Å². The summed E-state index contributed by atoms with van der Waals surface area (Å²) in [7, 11) is 0. The molecule has 1 aromatic heterocycles. The predicted molar refractivity (Wildman–Crippen MR) is 83.3 cm³/mol. The Balaban J connectivity index is 1.86. The number of rotatable bonds is 3. The number of aromatic nitrogens is 2. The smallest absolute Gasteiger partial charge is 0.142 e. The minimum atomic E-state index is -0.294. The number of hydrazone groups is 1. The van der Waals surface area contributed by atoms with Crippen molar-refractivity contribution >= 4 is 17.8 Å². The number of nitrogens with zero attached hydrogens (tertiary/aromatic N) is 4. The van der Waals surface area contributed by atoms with Crippen molar-refractivity contribution in [1.29, 1.82) is 0 Å². The van der Waals surface area contributed by atoms with Crippen LogP contribution in [0.2, 0.25) is 5.15 Å². The van der Waals surface area contributed by atoms with E-state index in [4.69, 9.17) is 16.3 Å². The molecule has 0 unspecified atom stereocenters. The molecule has 0 atom stereocenters. The van der Waals surface area contributed by atoms with Crippen molar-refractivity contribution in [3.63, 3.8) is 0 Å². The van der Waals surface area contributed by atoms with Crippen LogP contribution in [0.3, 0.4) is 0 Å². The van der Waals surface area contributed by atoms with Crippen LogP contribution in [0, 0.1) is 12.7 Å². The third-order valence-electron chi connectivity index (χ3n) is 3.46. The highest BCUT2D eigenvalue weighted by atomic mass is 35.5. The van der Waals surface area contributed by atoms with Gasteiger partial charge in [-0.3, -0.25) is 5.01 Å². The summed E-state index contributed by atoms with van der Waals surface area (Å²) >= 11 is 6.39. The molecule has 0 saturated carbocycles. The van der Waals surface area contributed by atoms with Gasteiger partial charge < -0.3 is 4.74 Å². The van der Waals surface area contributed by atoms with Crippen molar-refractivity contribution in [3.05, 3.63) is 46.5 Å². The average Bonchev–Trinajstić information content (AvgIpc) is 2.82. The molecule has 0 amide bonds. The Morgan fingerprint density at radius 2 is 1.95 bits per heavy atom. The number of halogens is 2. The molecule has 1 aliphatic rings. The lowest BCUT2D eigenvalue weighted by atomic mass is 10.3. The molecule has 116 valence electrons. The Bertz CT molecular complexity index is 678. The van der Waals surface area contributed by atoms with Gasteiger partial charge in [0.15, 0.2) is 0 Å². The molecule has 1 fully saturated rings. The molecule has 0 N–H and O–H groups in total. The first-order chi connectivity index (χ1) is 10.6. The lowest BCUT2D eigenvalue weighted by Gasteiger charge is -2.23. The molecular weight excluding hydrogens is 307 g/mol. The molecule has 1 aliphatic heterocycles. The van der Waals surface area contributed by atoms with Gasteiger partial charge in [0.1, 0.15) is 11.0 Å². The van der Waals surface area contributed by atoms with Crippen LogP contribution in [0.5, 0.6) is 0 Å². The van der Waals surface area contributed by atoms with Gasteiger partial charge in [0.05, 0.1) is 49.5 Å². The predicted octanol–water partition coefficient (Wildman–Crippen LogP) is 2.64. The summed E-state index contributed by atoms with van der Waals surface area (Å²) in [5.41, 5.74) is 2.24. The molecule has 1 saturated heterocycles. The molecule has 0 radical (unpaired) electrons. The number of benzene rings is 1. The summed E-state index contributed by atoms with van der Waals surface area (Å²) < 4.78 is 19.9. The Hall–Kier alpha value is -1.92. The van der Waals surface area contributed by atoms with E-state index in [2.05, 4.69) is 10.2 Å². The zero-order valence-electron chi connectivity index (χ0n) is 12.2. The van der Waals surface area contributed by atoms with Crippen molar-refractivity contribution < 1.29 is 9.13 Å². The number of ether oxygens (including phenoxy) is 1. The van der Waals surface area contributed by atoms with Gasteiger partial charge in [0.2, 0.25) is 0 Å². The molecule has 1 aromatic carbocycles. The molecule has 22 heavy (non-hydrogen) atoms. The fraction of sp³-hybridized carbons (Fsp3) is 0.333. The molecule has 0 bridgehead atoms. The van der Waals surface area contributed by atoms with Gasteiger partial charge in [-0.05, 0) is 31.2 Å². The number of hydrogen-bond acceptors (Lipinski definition) is 4. The summed E-state index contributed by atoms with van der Waals surface area (Å²) in [6.45, 7) is 4.75. The van der Waals surface area contributed by atoms with E-state index in [0.717, 1.165) is 24.3 Å². The summed E-state index contributed by atoms with van der Waals surface area (Å²) in [5.74, 6) is -0.294. The molecule has 2 aromatic rings. The van der Waals surface area contributed by atoms with Gasteiger partial charge in [-0.1, -0.05) is 11.6 Å². The maximum Gasteiger partial charge on any atom is 0.142 e. The Labute approximate surface area is 132 Å². The topological polar surface area (TPSA) is 42.7 Å². The normalized spacial score (nSPS) is 15.7. The van der Waals surface area contributed by atoms with Crippen LogP contribution in [0.25, 0.3) is 5.69 Å². The summed E-state index contributed by atoms with van der Waals surface area (Å²) in [4.78, 5) is 0. The van der Waals surface area contributed by atoms with E-state index >= 15 is 0 Å². The molecule has 0 aliphatic carbocycles. The van der Waals surface area contributed by atoms with Gasteiger partial charge in [0, 0.05) is 0 Å². The number of aryl methyl sites for hydroxylation is 1. The number of morpholine rings is 1. The molecule has 3 rings (SSSR count). The van der Waals surface area contributed by atoms with Gasteiger partial charge in [-0.25, -0.2) is 9.07 Å². The van der Waals surface area contributed by atoms with Gasteiger partial charge in [-0.2, -0.15) is 10.2 Å². The first kappa shape index (κ1) is 15.0. The second kappa shape index (κ2) is 6.46. The molecule has 0 spiro atoms. The molecular formula is C15H16ClFN4O. The van der Waals surface area contributed by atoms with E-state index in [9.17, 15) is 4.39 Å². The van der Waals surface area contributed by atoms with Gasteiger partial charge >= 0.3 is 0 Å². The summed E-state index contributed by atoms with van der Waals surface area (Å²) in [5, 5.41) is 11.2. The van der Waals surface area contributed by atoms with Gasteiger partial charge in [0.25, 0.3) is 0 Å². The summed E-state index contributed by atoms with van der Waals surface area (Å²) in [6.07, 6.45) is 1.72. The minimum absolute atomic E-state index is 0.294. The minimum Gasteiger partial charge on any atom is -0.378 e. The highest BCUT2D eigenvalue weighted by Gasteiger charge is 2.14. The van der Waals surface area contributed by atoms with Crippen molar-refractivity contribution in [2.24, 2.45) is 5.10 Å².